The van der Waals surface area contributed by atoms with Crippen LogP contribution in [0.2, 0.25) is 0 Å². The van der Waals surface area contributed by atoms with Crippen LogP contribution >= 0.6 is 0 Å². The van der Waals surface area contributed by atoms with E-state index < -0.39 is 11.2 Å². The third kappa shape index (κ3) is 1.79. The maximum atomic E-state index is 6.77. The van der Waals surface area contributed by atoms with Crippen molar-refractivity contribution in [1.82, 2.24) is 0 Å². The molecule has 0 N–H and O–H groups in total. The molecule has 10 rings (SSSR count). The van der Waals surface area contributed by atoms with Crippen molar-refractivity contribution >= 4 is 0 Å². The highest BCUT2D eigenvalue weighted by Gasteiger charge is 2.66. The van der Waals surface area contributed by atoms with Crippen molar-refractivity contribution in [3.05, 3.63) is 142 Å². The van der Waals surface area contributed by atoms with Gasteiger partial charge >= 0.3 is 0 Å². The maximum Gasteiger partial charge on any atom is 0.156 e. The average Bonchev–Trinajstić information content (AvgIpc) is 2.85. The lowest BCUT2D eigenvalue weighted by molar-refractivity contribution is -0.160. The van der Waals surface area contributed by atoms with Gasteiger partial charge in [0.15, 0.2) is 11.2 Å². The highest BCUT2D eigenvalue weighted by molar-refractivity contribution is 5.71. The summed E-state index contributed by atoms with van der Waals surface area (Å²) in [7, 11) is 3.68. The summed E-state index contributed by atoms with van der Waals surface area (Å²) in [4.78, 5) is 0. The molecule has 4 aromatic rings. The Hall–Kier alpha value is -3.20. The molecule has 0 aromatic heterocycles. The third-order valence-electron chi connectivity index (χ3n) is 8.14. The first-order valence-corrected chi connectivity index (χ1v) is 11.3. The van der Waals surface area contributed by atoms with Crippen LogP contribution in [0.1, 0.15) is 56.3 Å². The topological polar surface area (TPSA) is 18.5 Å². The molecular weight excluding hydrogens is 392 g/mol. The first-order chi connectivity index (χ1) is 15.8. The van der Waals surface area contributed by atoms with Crippen LogP contribution in [0, 0.1) is 0 Å². The largest absolute Gasteiger partial charge is 0.365 e. The normalized spacial score (nSPS) is 28.2. The zero-order valence-corrected chi connectivity index (χ0v) is 18.2. The lowest BCUT2D eigenvalue weighted by atomic mass is 9.49. The van der Waals surface area contributed by atoms with Gasteiger partial charge < -0.3 is 9.47 Å². The maximum absolute atomic E-state index is 6.77. The van der Waals surface area contributed by atoms with Gasteiger partial charge in [-0.05, 0) is 44.5 Å². The molecule has 0 spiro atoms. The predicted octanol–water partition coefficient (Wildman–Crippen LogP) is 6.07. The summed E-state index contributed by atoms with van der Waals surface area (Å²) in [5, 5.41) is 0. The predicted molar refractivity (Wildman–Crippen MR) is 125 cm³/mol. The van der Waals surface area contributed by atoms with Crippen molar-refractivity contribution in [2.75, 3.05) is 14.2 Å². The van der Waals surface area contributed by atoms with Gasteiger partial charge in [-0.1, -0.05) is 97.1 Å². The van der Waals surface area contributed by atoms with Crippen molar-refractivity contribution < 1.29 is 9.47 Å². The highest BCUT2D eigenvalue weighted by atomic mass is 16.5. The molecule has 0 atom stereocenters. The van der Waals surface area contributed by atoms with E-state index in [2.05, 4.69) is 97.1 Å². The zero-order valence-electron chi connectivity index (χ0n) is 18.2. The van der Waals surface area contributed by atoms with Gasteiger partial charge in [0.2, 0.25) is 0 Å². The summed E-state index contributed by atoms with van der Waals surface area (Å²) >= 11 is 0. The lowest BCUT2D eigenvalue weighted by Crippen LogP contribution is -2.60. The van der Waals surface area contributed by atoms with Crippen molar-refractivity contribution in [2.45, 2.75) is 23.0 Å². The van der Waals surface area contributed by atoms with Gasteiger partial charge in [0.25, 0.3) is 0 Å². The molecule has 0 amide bonds. The number of methoxy groups -OCH3 is 2. The SMILES string of the molecule is COC12c3ccccc3C(c3ccccc31)C1c3ccccc3C2(OC)c2ccccc21. The van der Waals surface area contributed by atoms with E-state index in [1.54, 1.807) is 0 Å². The monoisotopic (exact) mass is 416 g/mol. The second-order valence-electron chi connectivity index (χ2n) is 9.07. The van der Waals surface area contributed by atoms with E-state index >= 15 is 0 Å². The summed E-state index contributed by atoms with van der Waals surface area (Å²) in [5.41, 5.74) is 8.55. The number of benzene rings is 4. The Morgan fingerprint density at radius 2 is 0.688 bits per heavy atom. The number of ether oxygens (including phenoxy) is 2. The minimum absolute atomic E-state index is 0.211. The minimum atomic E-state index is -0.816. The molecule has 0 aliphatic heterocycles. The van der Waals surface area contributed by atoms with E-state index in [1.807, 2.05) is 14.2 Å². The fraction of sp³-hybridized carbons (Fsp3) is 0.200. The molecule has 2 nitrogen and oxygen atoms in total. The van der Waals surface area contributed by atoms with Crippen molar-refractivity contribution in [3.8, 4) is 0 Å². The Morgan fingerprint density at radius 1 is 0.438 bits per heavy atom. The first kappa shape index (κ1) is 18.4. The Morgan fingerprint density at radius 3 is 0.938 bits per heavy atom. The molecule has 0 fully saturated rings. The van der Waals surface area contributed by atoms with E-state index in [1.165, 1.54) is 44.5 Å². The van der Waals surface area contributed by atoms with Crippen LogP contribution in [0.4, 0.5) is 0 Å². The number of hydrogen-bond acceptors (Lipinski definition) is 2. The summed E-state index contributed by atoms with van der Waals surface area (Å²) < 4.78 is 13.5. The van der Waals surface area contributed by atoms with Gasteiger partial charge in [0, 0.05) is 26.1 Å². The van der Waals surface area contributed by atoms with Crippen LogP contribution in [-0.4, -0.2) is 14.2 Å². The summed E-state index contributed by atoms with van der Waals surface area (Å²) in [6.45, 7) is 0. The van der Waals surface area contributed by atoms with E-state index in [-0.39, 0.29) is 11.8 Å². The Kier molecular flexibility index (Phi) is 3.55. The fourth-order valence-corrected chi connectivity index (χ4v) is 7.18. The van der Waals surface area contributed by atoms with Gasteiger partial charge in [-0.3, -0.25) is 0 Å². The third-order valence-corrected chi connectivity index (χ3v) is 8.14. The molecule has 4 aromatic carbocycles. The molecule has 4 bridgehead atoms. The number of hydrogen-bond donors (Lipinski definition) is 0. The molecule has 0 unspecified atom stereocenters. The van der Waals surface area contributed by atoms with Crippen LogP contribution in [0.15, 0.2) is 97.1 Å². The molecule has 0 heterocycles. The van der Waals surface area contributed by atoms with E-state index in [0.29, 0.717) is 0 Å². The van der Waals surface area contributed by atoms with E-state index in [4.69, 9.17) is 9.47 Å². The molecule has 6 aliphatic rings. The zero-order chi connectivity index (χ0) is 21.5. The Bertz CT molecular complexity index is 1180. The molecule has 6 aliphatic carbocycles. The molecule has 0 saturated carbocycles. The second-order valence-corrected chi connectivity index (χ2v) is 9.07. The van der Waals surface area contributed by atoms with Crippen LogP contribution < -0.4 is 0 Å². The summed E-state index contributed by atoms with van der Waals surface area (Å²) in [6, 6.07) is 35.3. The minimum Gasteiger partial charge on any atom is -0.365 e. The second kappa shape index (κ2) is 6.19. The highest BCUT2D eigenvalue weighted by Crippen LogP contribution is 2.68. The average molecular weight is 417 g/mol. The molecule has 2 heteroatoms. The van der Waals surface area contributed by atoms with Crippen LogP contribution in [0.3, 0.4) is 0 Å². The standard InChI is InChI=1S/C30H24O2/c1-31-29-23-15-7-3-11-19(23)27(20-12-4-8-16-24(20)29)28-21-13-5-9-17-25(21)30(29,32-2)26-18-10-6-14-22(26)28/h3-18,27-28H,1-2H3. The first-order valence-electron chi connectivity index (χ1n) is 11.3. The molecule has 0 saturated heterocycles. The van der Waals surface area contributed by atoms with E-state index in [9.17, 15) is 0 Å². The molecular formula is C30H24O2. The van der Waals surface area contributed by atoms with Crippen molar-refractivity contribution in [3.63, 3.8) is 0 Å². The van der Waals surface area contributed by atoms with Crippen molar-refractivity contribution in [2.24, 2.45) is 0 Å². The van der Waals surface area contributed by atoms with Gasteiger partial charge in [0.1, 0.15) is 0 Å². The van der Waals surface area contributed by atoms with Gasteiger partial charge in [-0.15, -0.1) is 0 Å². The van der Waals surface area contributed by atoms with Crippen molar-refractivity contribution in [1.29, 1.82) is 0 Å². The van der Waals surface area contributed by atoms with Crippen LogP contribution in [-0.2, 0) is 20.7 Å². The molecule has 32 heavy (non-hydrogen) atoms. The molecule has 0 radical (unpaired) electrons. The van der Waals surface area contributed by atoms with Gasteiger partial charge in [-0.2, -0.15) is 0 Å². The van der Waals surface area contributed by atoms with Gasteiger partial charge in [0.05, 0.1) is 0 Å². The lowest BCUT2D eigenvalue weighted by Gasteiger charge is -2.60. The molecule has 156 valence electrons. The smallest absolute Gasteiger partial charge is 0.156 e. The summed E-state index contributed by atoms with van der Waals surface area (Å²) in [5.74, 6) is 0.422. The van der Waals surface area contributed by atoms with Crippen LogP contribution in [0.25, 0.3) is 0 Å². The summed E-state index contributed by atoms with van der Waals surface area (Å²) in [6.07, 6.45) is 0. The van der Waals surface area contributed by atoms with E-state index in [0.717, 1.165) is 0 Å². The Labute approximate surface area is 188 Å². The fourth-order valence-electron chi connectivity index (χ4n) is 7.18. The number of rotatable bonds is 2. The van der Waals surface area contributed by atoms with Crippen LogP contribution in [0.5, 0.6) is 0 Å². The van der Waals surface area contributed by atoms with Gasteiger partial charge in [-0.25, -0.2) is 0 Å². The quantitative estimate of drug-likeness (QED) is 0.395. The Balaban J connectivity index is 1.80.